The van der Waals surface area contributed by atoms with Gasteiger partial charge in [-0.1, -0.05) is 26.0 Å². The number of methoxy groups -OCH3 is 1. The van der Waals surface area contributed by atoms with Crippen LogP contribution in [0.15, 0.2) is 24.3 Å². The van der Waals surface area contributed by atoms with Gasteiger partial charge in [-0.25, -0.2) is 4.39 Å². The summed E-state index contributed by atoms with van der Waals surface area (Å²) in [5.41, 5.74) is 0.404. The third kappa shape index (κ3) is 8.70. The molecule has 226 valence electrons. The highest BCUT2D eigenvalue weighted by Gasteiger charge is 2.36. The van der Waals surface area contributed by atoms with Gasteiger partial charge in [0.2, 0.25) is 29.5 Å². The maximum absolute atomic E-state index is 13.6. The van der Waals surface area contributed by atoms with E-state index in [2.05, 4.69) is 21.3 Å². The second-order valence-corrected chi connectivity index (χ2v) is 10.8. The molecule has 0 unspecified atom stereocenters. The summed E-state index contributed by atoms with van der Waals surface area (Å²) in [4.78, 5) is 67.6. The van der Waals surface area contributed by atoms with E-state index in [0.29, 0.717) is 18.7 Å². The number of rotatable bonds is 6. The summed E-state index contributed by atoms with van der Waals surface area (Å²) in [7, 11) is 1.55. The van der Waals surface area contributed by atoms with E-state index in [1.165, 1.54) is 24.3 Å². The Labute approximate surface area is 238 Å². The van der Waals surface area contributed by atoms with Gasteiger partial charge in [0.05, 0.1) is 31.7 Å². The number of likely N-dealkylation sites (tertiary alicyclic amines) is 1. The minimum atomic E-state index is -1.38. The molecule has 2 saturated heterocycles. The first-order chi connectivity index (χ1) is 19.5. The van der Waals surface area contributed by atoms with E-state index in [1.54, 1.807) is 25.9 Å². The fourth-order valence-corrected chi connectivity index (χ4v) is 5.12. The second-order valence-electron chi connectivity index (χ2n) is 10.8. The van der Waals surface area contributed by atoms with E-state index in [-0.39, 0.29) is 37.1 Å². The van der Waals surface area contributed by atoms with Crippen molar-refractivity contribution < 1.29 is 38.2 Å². The summed E-state index contributed by atoms with van der Waals surface area (Å²) in [6.07, 6.45) is 1.02. The van der Waals surface area contributed by atoms with Crippen LogP contribution in [0.4, 0.5) is 4.39 Å². The van der Waals surface area contributed by atoms with E-state index in [0.717, 1.165) is 12.8 Å². The van der Waals surface area contributed by atoms with Crippen molar-refractivity contribution in [1.29, 1.82) is 0 Å². The van der Waals surface area contributed by atoms with Gasteiger partial charge in [-0.2, -0.15) is 0 Å². The molecular weight excluding hydrogens is 537 g/mol. The lowest BCUT2D eigenvalue weighted by Crippen LogP contribution is -2.56. The van der Waals surface area contributed by atoms with Crippen LogP contribution in [0, 0.1) is 11.7 Å². The van der Waals surface area contributed by atoms with E-state index in [4.69, 9.17) is 4.74 Å². The molecule has 0 aliphatic carbocycles. The van der Waals surface area contributed by atoms with Crippen molar-refractivity contribution in [3.05, 3.63) is 35.6 Å². The number of hydrogen-bond acceptors (Lipinski definition) is 7. The zero-order valence-electron chi connectivity index (χ0n) is 23.7. The Hall–Kier alpha value is -3.58. The Morgan fingerprint density at radius 2 is 1.73 bits per heavy atom. The highest BCUT2D eigenvalue weighted by molar-refractivity contribution is 5.93. The Morgan fingerprint density at radius 1 is 1.02 bits per heavy atom. The van der Waals surface area contributed by atoms with Crippen molar-refractivity contribution in [2.75, 3.05) is 26.9 Å². The van der Waals surface area contributed by atoms with Crippen LogP contribution in [0.5, 0.6) is 0 Å². The van der Waals surface area contributed by atoms with Gasteiger partial charge >= 0.3 is 0 Å². The van der Waals surface area contributed by atoms with Crippen LogP contribution < -0.4 is 21.3 Å². The van der Waals surface area contributed by atoms with Crippen LogP contribution in [-0.4, -0.2) is 90.6 Å². The summed E-state index contributed by atoms with van der Waals surface area (Å²) in [6.45, 7) is 3.51. The number of aliphatic hydroxyl groups is 1. The van der Waals surface area contributed by atoms with Crippen molar-refractivity contribution >= 4 is 29.5 Å². The Bertz CT molecular complexity index is 1100. The highest BCUT2D eigenvalue weighted by Crippen LogP contribution is 2.21. The van der Waals surface area contributed by atoms with E-state index >= 15 is 0 Å². The smallest absolute Gasteiger partial charge is 0.245 e. The maximum Gasteiger partial charge on any atom is 0.245 e. The largest absolute Gasteiger partial charge is 0.394 e. The standard InChI is InChI=1S/C28H40FN5O7/c1-16(2)25-27(39)32-22(14-35)26(38)31-21(17-6-8-18(29)9-7-17)13-24(37)30-20(10-11-23(36)33-25)28(40)34-12-4-5-19(34)15-41-3/h6-9,16,19-22,25,35H,4-5,10-15H2,1-3H3,(H,30,37)(H,31,38)(H,32,39)(H,33,36)/t19-,20-,21+,22-,25+/m0/s1. The molecular formula is C28H40FN5O7. The number of nitrogens with one attached hydrogen (secondary N) is 4. The number of nitrogens with zero attached hydrogens (tertiary/aromatic N) is 1. The first-order valence-electron chi connectivity index (χ1n) is 13.9. The van der Waals surface area contributed by atoms with Crippen LogP contribution in [0.1, 0.15) is 57.6 Å². The number of aliphatic hydroxyl groups excluding tert-OH is 1. The molecule has 0 saturated carbocycles. The fourth-order valence-electron chi connectivity index (χ4n) is 5.12. The SMILES string of the molecule is COC[C@@H]1CCCN1C(=O)[C@@H]1CCC(=O)N[C@H](C(C)C)C(=O)N[C@@H](CO)C(=O)N[C@@H](c2ccc(F)cc2)CC(=O)N1. The molecule has 2 aliphatic rings. The lowest BCUT2D eigenvalue weighted by Gasteiger charge is -2.29. The molecule has 1 aromatic carbocycles. The highest BCUT2D eigenvalue weighted by atomic mass is 19.1. The fraction of sp³-hybridized carbons (Fsp3) is 0.607. The molecule has 2 fully saturated rings. The molecule has 2 heterocycles. The van der Waals surface area contributed by atoms with Crippen molar-refractivity contribution in [3.63, 3.8) is 0 Å². The summed E-state index contributed by atoms with van der Waals surface area (Å²) < 4.78 is 18.9. The van der Waals surface area contributed by atoms with Crippen molar-refractivity contribution in [1.82, 2.24) is 26.2 Å². The third-order valence-electron chi connectivity index (χ3n) is 7.37. The lowest BCUT2D eigenvalue weighted by molar-refractivity contribution is -0.138. The Kier molecular flexibility index (Phi) is 11.6. The van der Waals surface area contributed by atoms with Crippen molar-refractivity contribution in [2.45, 2.75) is 76.2 Å². The van der Waals surface area contributed by atoms with Gasteiger partial charge in [0, 0.05) is 20.1 Å². The van der Waals surface area contributed by atoms with Gasteiger partial charge in [-0.05, 0) is 42.9 Å². The molecule has 0 bridgehead atoms. The predicted molar refractivity (Wildman–Crippen MR) is 145 cm³/mol. The number of benzene rings is 1. The normalized spacial score (nSPS) is 26.9. The van der Waals surface area contributed by atoms with Crippen molar-refractivity contribution in [2.24, 2.45) is 5.92 Å². The van der Waals surface area contributed by atoms with Crippen LogP contribution in [-0.2, 0) is 28.7 Å². The van der Waals surface area contributed by atoms with Gasteiger partial charge < -0.3 is 36.0 Å². The number of ether oxygens (including phenoxy) is 1. The molecule has 41 heavy (non-hydrogen) atoms. The topological polar surface area (TPSA) is 166 Å². The molecule has 0 aromatic heterocycles. The first-order valence-corrected chi connectivity index (χ1v) is 13.9. The summed E-state index contributed by atoms with van der Waals surface area (Å²) in [5.74, 6) is -3.77. The minimum absolute atomic E-state index is 0.0219. The lowest BCUT2D eigenvalue weighted by atomic mass is 10.0. The van der Waals surface area contributed by atoms with Gasteiger partial charge in [0.15, 0.2) is 0 Å². The monoisotopic (exact) mass is 577 g/mol. The second kappa shape index (κ2) is 14.9. The molecule has 5 atom stereocenters. The van der Waals surface area contributed by atoms with E-state index < -0.39 is 60.2 Å². The first kappa shape index (κ1) is 31.9. The quantitative estimate of drug-likeness (QED) is 0.315. The molecule has 5 amide bonds. The van der Waals surface area contributed by atoms with E-state index in [1.807, 2.05) is 0 Å². The van der Waals surface area contributed by atoms with Crippen LogP contribution in [0.25, 0.3) is 0 Å². The number of hydrogen-bond donors (Lipinski definition) is 5. The van der Waals surface area contributed by atoms with Crippen LogP contribution in [0.2, 0.25) is 0 Å². The van der Waals surface area contributed by atoms with Gasteiger partial charge in [-0.3, -0.25) is 24.0 Å². The molecule has 5 N–H and O–H groups in total. The Balaban J connectivity index is 1.94. The predicted octanol–water partition coefficient (Wildman–Crippen LogP) is -0.0930. The molecule has 3 rings (SSSR count). The molecule has 2 aliphatic heterocycles. The summed E-state index contributed by atoms with van der Waals surface area (Å²) >= 11 is 0. The molecule has 13 heteroatoms. The third-order valence-corrected chi connectivity index (χ3v) is 7.37. The average Bonchev–Trinajstić information content (AvgIpc) is 3.39. The maximum atomic E-state index is 13.6. The average molecular weight is 578 g/mol. The number of carbonyl (C=O) groups is 5. The molecule has 0 radical (unpaired) electrons. The number of carbonyl (C=O) groups excluding carboxylic acids is 5. The number of amides is 5. The molecule has 12 nitrogen and oxygen atoms in total. The Morgan fingerprint density at radius 3 is 2.37 bits per heavy atom. The summed E-state index contributed by atoms with van der Waals surface area (Å²) in [5, 5.41) is 20.4. The zero-order valence-corrected chi connectivity index (χ0v) is 23.7. The van der Waals surface area contributed by atoms with Crippen molar-refractivity contribution in [3.8, 4) is 0 Å². The van der Waals surface area contributed by atoms with Gasteiger partial charge in [-0.15, -0.1) is 0 Å². The van der Waals surface area contributed by atoms with Crippen LogP contribution >= 0.6 is 0 Å². The zero-order chi connectivity index (χ0) is 30.1. The van der Waals surface area contributed by atoms with E-state index in [9.17, 15) is 33.5 Å². The van der Waals surface area contributed by atoms with Gasteiger partial charge in [0.25, 0.3) is 0 Å². The summed E-state index contributed by atoms with van der Waals surface area (Å²) in [6, 6.07) is 0.614. The minimum Gasteiger partial charge on any atom is -0.394 e. The van der Waals surface area contributed by atoms with Gasteiger partial charge in [0.1, 0.15) is 23.9 Å². The molecule has 0 spiro atoms. The molecule has 1 aromatic rings. The van der Waals surface area contributed by atoms with Crippen LogP contribution in [0.3, 0.4) is 0 Å². The number of halogens is 1.